The summed E-state index contributed by atoms with van der Waals surface area (Å²) in [4.78, 5) is 5.63. The SMILES string of the molecule is CCCNC1CCCCC1Cc1cncs1. The van der Waals surface area contributed by atoms with Crippen LogP contribution in [0, 0.1) is 5.92 Å². The molecule has 1 heterocycles. The van der Waals surface area contributed by atoms with Gasteiger partial charge in [0.15, 0.2) is 0 Å². The van der Waals surface area contributed by atoms with E-state index in [0.29, 0.717) is 0 Å². The second-order valence-electron chi connectivity index (χ2n) is 4.78. The molecule has 0 spiro atoms. The summed E-state index contributed by atoms with van der Waals surface area (Å²) < 4.78 is 0. The summed E-state index contributed by atoms with van der Waals surface area (Å²) in [5.41, 5.74) is 1.95. The summed E-state index contributed by atoms with van der Waals surface area (Å²) in [6, 6.07) is 0.746. The third-order valence-corrected chi connectivity index (χ3v) is 4.31. The molecule has 3 heteroatoms. The molecular weight excluding hydrogens is 216 g/mol. The monoisotopic (exact) mass is 238 g/mol. The van der Waals surface area contributed by atoms with Gasteiger partial charge in [0.1, 0.15) is 0 Å². The van der Waals surface area contributed by atoms with Gasteiger partial charge in [0.25, 0.3) is 0 Å². The second kappa shape index (κ2) is 6.36. The Morgan fingerprint density at radius 3 is 3.06 bits per heavy atom. The maximum Gasteiger partial charge on any atom is 0.0794 e. The molecule has 1 saturated carbocycles. The van der Waals surface area contributed by atoms with Crippen molar-refractivity contribution in [3.8, 4) is 0 Å². The molecule has 90 valence electrons. The molecule has 0 bridgehead atoms. The smallest absolute Gasteiger partial charge is 0.0794 e. The largest absolute Gasteiger partial charge is 0.314 e. The number of rotatable bonds is 5. The van der Waals surface area contributed by atoms with E-state index < -0.39 is 0 Å². The van der Waals surface area contributed by atoms with Crippen molar-refractivity contribution < 1.29 is 0 Å². The van der Waals surface area contributed by atoms with Crippen molar-refractivity contribution in [1.29, 1.82) is 0 Å². The van der Waals surface area contributed by atoms with Gasteiger partial charge in [-0.25, -0.2) is 0 Å². The van der Waals surface area contributed by atoms with Crippen molar-refractivity contribution in [1.82, 2.24) is 10.3 Å². The quantitative estimate of drug-likeness (QED) is 0.852. The predicted octanol–water partition coefficient (Wildman–Crippen LogP) is 3.24. The highest BCUT2D eigenvalue weighted by molar-refractivity contribution is 7.09. The van der Waals surface area contributed by atoms with E-state index in [1.165, 1.54) is 49.9 Å². The van der Waals surface area contributed by atoms with Crippen LogP contribution in [0.4, 0.5) is 0 Å². The molecule has 0 radical (unpaired) electrons. The topological polar surface area (TPSA) is 24.9 Å². The Kier molecular flexibility index (Phi) is 4.79. The zero-order valence-electron chi connectivity index (χ0n) is 10.1. The molecule has 2 atom stereocenters. The summed E-state index contributed by atoms with van der Waals surface area (Å²) in [6.45, 7) is 3.41. The molecule has 0 aliphatic heterocycles. The minimum Gasteiger partial charge on any atom is -0.314 e. The molecule has 2 nitrogen and oxygen atoms in total. The number of nitrogens with zero attached hydrogens (tertiary/aromatic N) is 1. The van der Waals surface area contributed by atoms with E-state index in [-0.39, 0.29) is 0 Å². The van der Waals surface area contributed by atoms with Crippen LogP contribution in [0.2, 0.25) is 0 Å². The van der Waals surface area contributed by atoms with Crippen LogP contribution >= 0.6 is 11.3 Å². The Bertz CT molecular complexity index is 284. The molecule has 0 saturated heterocycles. The van der Waals surface area contributed by atoms with Crippen molar-refractivity contribution in [2.75, 3.05) is 6.54 Å². The van der Waals surface area contributed by atoms with Crippen molar-refractivity contribution in [3.05, 3.63) is 16.6 Å². The van der Waals surface area contributed by atoms with Crippen LogP contribution in [0.1, 0.15) is 43.9 Å². The van der Waals surface area contributed by atoms with Crippen molar-refractivity contribution in [3.63, 3.8) is 0 Å². The molecule has 1 fully saturated rings. The standard InChI is InChI=1S/C13H22N2S/c1-2-7-15-13-6-4-3-5-11(13)8-12-9-14-10-16-12/h9-11,13,15H,2-8H2,1H3. The van der Waals surface area contributed by atoms with Gasteiger partial charge in [-0.15, -0.1) is 11.3 Å². The van der Waals surface area contributed by atoms with Crippen molar-refractivity contribution in [2.24, 2.45) is 5.92 Å². The first-order valence-electron chi connectivity index (χ1n) is 6.51. The highest BCUT2D eigenvalue weighted by Crippen LogP contribution is 2.28. The van der Waals surface area contributed by atoms with Gasteiger partial charge in [-0.1, -0.05) is 19.8 Å². The van der Waals surface area contributed by atoms with Crippen LogP contribution in [0.3, 0.4) is 0 Å². The van der Waals surface area contributed by atoms with E-state index in [4.69, 9.17) is 0 Å². The average Bonchev–Trinajstić information content (AvgIpc) is 2.81. The van der Waals surface area contributed by atoms with Crippen LogP contribution in [0.15, 0.2) is 11.7 Å². The van der Waals surface area contributed by atoms with Crippen LogP contribution in [0.25, 0.3) is 0 Å². The van der Waals surface area contributed by atoms with Gasteiger partial charge >= 0.3 is 0 Å². The Balaban J connectivity index is 1.88. The van der Waals surface area contributed by atoms with E-state index >= 15 is 0 Å². The summed E-state index contributed by atoms with van der Waals surface area (Å²) in [5.74, 6) is 0.834. The van der Waals surface area contributed by atoms with Gasteiger partial charge in [0, 0.05) is 17.1 Å². The van der Waals surface area contributed by atoms with Gasteiger partial charge in [-0.2, -0.15) is 0 Å². The van der Waals surface area contributed by atoms with Gasteiger partial charge in [-0.3, -0.25) is 4.98 Å². The predicted molar refractivity (Wildman–Crippen MR) is 69.9 cm³/mol. The average molecular weight is 238 g/mol. The maximum atomic E-state index is 4.17. The fraction of sp³-hybridized carbons (Fsp3) is 0.769. The lowest BCUT2D eigenvalue weighted by Crippen LogP contribution is -2.39. The number of nitrogens with one attached hydrogen (secondary N) is 1. The molecular formula is C13H22N2S. The number of hydrogen-bond acceptors (Lipinski definition) is 3. The summed E-state index contributed by atoms with van der Waals surface area (Å²) in [5, 5.41) is 3.72. The Morgan fingerprint density at radius 2 is 2.31 bits per heavy atom. The molecule has 1 aliphatic rings. The second-order valence-corrected chi connectivity index (χ2v) is 5.75. The maximum absolute atomic E-state index is 4.17. The van der Waals surface area contributed by atoms with E-state index in [0.717, 1.165) is 12.0 Å². The molecule has 16 heavy (non-hydrogen) atoms. The zero-order valence-corrected chi connectivity index (χ0v) is 10.9. The Labute approximate surface area is 102 Å². The third kappa shape index (κ3) is 3.29. The number of hydrogen-bond donors (Lipinski definition) is 1. The summed E-state index contributed by atoms with van der Waals surface area (Å²) in [7, 11) is 0. The van der Waals surface area contributed by atoms with Crippen LogP contribution < -0.4 is 5.32 Å². The molecule has 0 aromatic carbocycles. The Hall–Kier alpha value is -0.410. The molecule has 1 aromatic rings. The molecule has 1 N–H and O–H groups in total. The zero-order chi connectivity index (χ0) is 11.2. The molecule has 0 amide bonds. The van der Waals surface area contributed by atoms with Crippen LogP contribution in [0.5, 0.6) is 0 Å². The molecule has 2 unspecified atom stereocenters. The molecule has 2 rings (SSSR count). The highest BCUT2D eigenvalue weighted by Gasteiger charge is 2.24. The fourth-order valence-electron chi connectivity index (χ4n) is 2.65. The van der Waals surface area contributed by atoms with Crippen molar-refractivity contribution >= 4 is 11.3 Å². The summed E-state index contributed by atoms with van der Waals surface area (Å²) >= 11 is 1.80. The molecule has 1 aliphatic carbocycles. The fourth-order valence-corrected chi connectivity index (χ4v) is 3.34. The first-order chi connectivity index (χ1) is 7.90. The summed E-state index contributed by atoms with van der Waals surface area (Å²) in [6.07, 6.45) is 10.1. The normalized spacial score (nSPS) is 25.8. The lowest BCUT2D eigenvalue weighted by Gasteiger charge is -2.32. The van der Waals surface area contributed by atoms with Gasteiger partial charge in [-0.05, 0) is 38.1 Å². The highest BCUT2D eigenvalue weighted by atomic mass is 32.1. The van der Waals surface area contributed by atoms with Crippen LogP contribution in [-0.2, 0) is 6.42 Å². The van der Waals surface area contributed by atoms with Crippen LogP contribution in [-0.4, -0.2) is 17.6 Å². The van der Waals surface area contributed by atoms with E-state index in [9.17, 15) is 0 Å². The minimum absolute atomic E-state index is 0.746. The minimum atomic E-state index is 0.746. The van der Waals surface area contributed by atoms with Crippen molar-refractivity contribution in [2.45, 2.75) is 51.5 Å². The van der Waals surface area contributed by atoms with E-state index in [1.807, 2.05) is 11.7 Å². The Morgan fingerprint density at radius 1 is 1.44 bits per heavy atom. The van der Waals surface area contributed by atoms with Gasteiger partial charge in [0.2, 0.25) is 0 Å². The number of aromatic nitrogens is 1. The third-order valence-electron chi connectivity index (χ3n) is 3.51. The first-order valence-corrected chi connectivity index (χ1v) is 7.39. The molecule has 1 aromatic heterocycles. The number of thiazole rings is 1. The van der Waals surface area contributed by atoms with E-state index in [2.05, 4.69) is 17.2 Å². The first kappa shape index (κ1) is 12.1. The lowest BCUT2D eigenvalue weighted by atomic mass is 9.82. The van der Waals surface area contributed by atoms with Gasteiger partial charge < -0.3 is 5.32 Å². The lowest BCUT2D eigenvalue weighted by molar-refractivity contribution is 0.262. The van der Waals surface area contributed by atoms with Gasteiger partial charge in [0.05, 0.1) is 5.51 Å². The van der Waals surface area contributed by atoms with E-state index in [1.54, 1.807) is 11.3 Å².